The highest BCUT2D eigenvalue weighted by Crippen LogP contribution is 2.35. The van der Waals surface area contributed by atoms with Gasteiger partial charge in [-0.3, -0.25) is 9.78 Å². The summed E-state index contributed by atoms with van der Waals surface area (Å²) in [5.41, 5.74) is 8.53. The molecule has 3 aromatic rings. The molecular weight excluding hydrogens is 349 g/mol. The topological polar surface area (TPSA) is 81.1 Å². The first-order valence-electron chi connectivity index (χ1n) is 8.51. The molecular formula is C19H18FN5O2. The number of pyridine rings is 1. The number of ether oxygens (including phenoxy) is 1. The smallest absolute Gasteiger partial charge is 0.216 e. The van der Waals surface area contributed by atoms with Crippen molar-refractivity contribution in [2.24, 2.45) is 0 Å². The van der Waals surface area contributed by atoms with E-state index in [2.05, 4.69) is 20.9 Å². The van der Waals surface area contributed by atoms with Crippen LogP contribution in [0.4, 0.5) is 10.2 Å². The summed E-state index contributed by atoms with van der Waals surface area (Å²) in [4.78, 5) is 17.4. The molecule has 1 aliphatic rings. The van der Waals surface area contributed by atoms with Crippen molar-refractivity contribution in [3.05, 3.63) is 65.9 Å². The molecule has 27 heavy (non-hydrogen) atoms. The van der Waals surface area contributed by atoms with Gasteiger partial charge in [-0.15, -0.1) is 0 Å². The van der Waals surface area contributed by atoms with Crippen LogP contribution >= 0.6 is 0 Å². The second-order valence-electron chi connectivity index (χ2n) is 6.11. The first-order chi connectivity index (χ1) is 13.2. The number of hydrazine groups is 1. The zero-order valence-corrected chi connectivity index (χ0v) is 14.6. The van der Waals surface area contributed by atoms with E-state index in [9.17, 15) is 9.18 Å². The fraction of sp³-hybridized carbons (Fsp3) is 0.211. The van der Waals surface area contributed by atoms with Gasteiger partial charge in [0.05, 0.1) is 12.1 Å². The molecule has 3 heterocycles. The molecule has 7 nitrogen and oxygen atoms in total. The number of nitrogens with zero attached hydrogens (tertiary/aromatic N) is 3. The Morgan fingerprint density at radius 2 is 1.96 bits per heavy atom. The van der Waals surface area contributed by atoms with Gasteiger partial charge in [0, 0.05) is 26.0 Å². The monoisotopic (exact) mass is 367 g/mol. The number of hydrogen-bond donors (Lipinski definition) is 2. The molecule has 138 valence electrons. The van der Waals surface area contributed by atoms with Gasteiger partial charge < -0.3 is 10.2 Å². The molecule has 0 saturated carbocycles. The van der Waals surface area contributed by atoms with E-state index in [1.54, 1.807) is 29.2 Å². The highest BCUT2D eigenvalue weighted by atomic mass is 19.1. The molecule has 2 aromatic heterocycles. The Kier molecular flexibility index (Phi) is 4.66. The largest absolute Gasteiger partial charge is 0.368 e. The SMILES string of the molecule is COC(C(=O)c1nn2c(c1-c1ccncc1)NNCC2)c1ccc(F)cc1. The minimum Gasteiger partial charge on any atom is -0.368 e. The number of fused-ring (bicyclic) bond motifs is 1. The lowest BCUT2D eigenvalue weighted by Crippen LogP contribution is -2.33. The number of carbonyl (C=O) groups excluding carboxylic acids is 1. The third kappa shape index (κ3) is 3.20. The summed E-state index contributed by atoms with van der Waals surface area (Å²) in [7, 11) is 1.45. The van der Waals surface area contributed by atoms with E-state index in [0.29, 0.717) is 35.7 Å². The van der Waals surface area contributed by atoms with Crippen molar-refractivity contribution in [3.63, 3.8) is 0 Å². The van der Waals surface area contributed by atoms with Crippen LogP contribution in [0.3, 0.4) is 0 Å². The van der Waals surface area contributed by atoms with E-state index >= 15 is 0 Å². The van der Waals surface area contributed by atoms with Crippen LogP contribution in [-0.4, -0.2) is 34.2 Å². The molecule has 8 heteroatoms. The van der Waals surface area contributed by atoms with Gasteiger partial charge in [0.1, 0.15) is 23.4 Å². The first-order valence-corrected chi connectivity index (χ1v) is 8.51. The number of carbonyl (C=O) groups is 1. The van der Waals surface area contributed by atoms with Crippen molar-refractivity contribution in [3.8, 4) is 11.1 Å². The van der Waals surface area contributed by atoms with Crippen LogP contribution in [0, 0.1) is 5.82 Å². The van der Waals surface area contributed by atoms with Crippen LogP contribution in [0.15, 0.2) is 48.8 Å². The minimum absolute atomic E-state index is 0.292. The Bertz CT molecular complexity index is 956. The minimum atomic E-state index is -0.879. The molecule has 1 aliphatic heterocycles. The van der Waals surface area contributed by atoms with Gasteiger partial charge in [0.2, 0.25) is 5.78 Å². The van der Waals surface area contributed by atoms with Crippen LogP contribution in [0.5, 0.6) is 0 Å². The molecule has 0 spiro atoms. The third-order valence-electron chi connectivity index (χ3n) is 4.46. The zero-order chi connectivity index (χ0) is 18.8. The lowest BCUT2D eigenvalue weighted by atomic mass is 9.98. The second-order valence-corrected chi connectivity index (χ2v) is 6.11. The zero-order valence-electron chi connectivity index (χ0n) is 14.6. The lowest BCUT2D eigenvalue weighted by molar-refractivity contribution is 0.0598. The van der Waals surface area contributed by atoms with Gasteiger partial charge >= 0.3 is 0 Å². The normalized spacial score (nSPS) is 14.3. The van der Waals surface area contributed by atoms with Crippen LogP contribution in [-0.2, 0) is 11.3 Å². The van der Waals surface area contributed by atoms with Crippen LogP contribution in [0.1, 0.15) is 22.2 Å². The summed E-state index contributed by atoms with van der Waals surface area (Å²) >= 11 is 0. The standard InChI is InChI=1S/C19H18FN5O2/c1-27-18(13-2-4-14(20)5-3-13)17(26)16-15(12-6-8-21-9-7-12)19-23-22-10-11-25(19)24-16/h2-9,18,22-23H,10-11H2,1H3. The Morgan fingerprint density at radius 1 is 1.22 bits per heavy atom. The highest BCUT2D eigenvalue weighted by Gasteiger charge is 2.31. The summed E-state index contributed by atoms with van der Waals surface area (Å²) in [5.74, 6) is 0.0515. The van der Waals surface area contributed by atoms with E-state index in [4.69, 9.17) is 4.74 Å². The molecule has 4 rings (SSSR count). The Morgan fingerprint density at radius 3 is 2.67 bits per heavy atom. The van der Waals surface area contributed by atoms with E-state index < -0.39 is 6.10 Å². The number of Topliss-reactive ketones (excluding diaryl/α,β-unsaturated/α-hetero) is 1. The van der Waals surface area contributed by atoms with Crippen molar-refractivity contribution in [1.82, 2.24) is 20.2 Å². The molecule has 1 atom stereocenters. The molecule has 0 aliphatic carbocycles. The average Bonchev–Trinajstić information content (AvgIpc) is 3.10. The predicted octanol–water partition coefficient (Wildman–Crippen LogP) is 2.58. The van der Waals surface area contributed by atoms with Crippen molar-refractivity contribution in [1.29, 1.82) is 0 Å². The molecule has 1 aromatic carbocycles. The molecule has 0 fully saturated rings. The number of anilines is 1. The maximum atomic E-state index is 13.3. The van der Waals surface area contributed by atoms with Crippen molar-refractivity contribution < 1.29 is 13.9 Å². The van der Waals surface area contributed by atoms with Gasteiger partial charge in [-0.25, -0.2) is 14.5 Å². The summed E-state index contributed by atoms with van der Waals surface area (Å²) in [6, 6.07) is 9.35. The summed E-state index contributed by atoms with van der Waals surface area (Å²) < 4.78 is 20.5. The molecule has 0 saturated heterocycles. The number of hydrogen-bond acceptors (Lipinski definition) is 6. The predicted molar refractivity (Wildman–Crippen MR) is 97.6 cm³/mol. The molecule has 0 radical (unpaired) electrons. The number of benzene rings is 1. The van der Waals surface area contributed by atoms with Gasteiger partial charge in [0.15, 0.2) is 0 Å². The Labute approximate surface area is 155 Å². The van der Waals surface area contributed by atoms with Gasteiger partial charge in [0.25, 0.3) is 0 Å². The van der Waals surface area contributed by atoms with E-state index in [-0.39, 0.29) is 11.6 Å². The average molecular weight is 367 g/mol. The first kappa shape index (κ1) is 17.3. The summed E-state index contributed by atoms with van der Waals surface area (Å²) in [5, 5.41) is 4.53. The molecule has 0 bridgehead atoms. The van der Waals surface area contributed by atoms with Crippen LogP contribution in [0.25, 0.3) is 11.1 Å². The fourth-order valence-electron chi connectivity index (χ4n) is 3.18. The number of halogens is 1. The summed E-state index contributed by atoms with van der Waals surface area (Å²) in [6.45, 7) is 1.31. The number of methoxy groups -OCH3 is 1. The maximum Gasteiger partial charge on any atom is 0.216 e. The number of aromatic nitrogens is 3. The quantitative estimate of drug-likeness (QED) is 0.675. The lowest BCUT2D eigenvalue weighted by Gasteiger charge is -2.18. The van der Waals surface area contributed by atoms with Crippen molar-refractivity contribution in [2.45, 2.75) is 12.6 Å². The number of nitrogens with one attached hydrogen (secondary N) is 2. The van der Waals surface area contributed by atoms with Crippen molar-refractivity contribution in [2.75, 3.05) is 19.1 Å². The third-order valence-corrected chi connectivity index (χ3v) is 4.46. The molecule has 1 unspecified atom stereocenters. The second kappa shape index (κ2) is 7.26. The highest BCUT2D eigenvalue weighted by molar-refractivity contribution is 6.06. The molecule has 2 N–H and O–H groups in total. The van der Waals surface area contributed by atoms with E-state index in [1.807, 2.05) is 12.1 Å². The van der Waals surface area contributed by atoms with E-state index in [1.165, 1.54) is 19.2 Å². The number of rotatable bonds is 5. The van der Waals surface area contributed by atoms with Gasteiger partial charge in [-0.2, -0.15) is 5.10 Å². The number of ketones is 1. The van der Waals surface area contributed by atoms with Crippen LogP contribution < -0.4 is 10.9 Å². The Hall–Kier alpha value is -3.10. The Balaban J connectivity index is 1.81. The van der Waals surface area contributed by atoms with Gasteiger partial charge in [-0.1, -0.05) is 12.1 Å². The maximum absolute atomic E-state index is 13.3. The molecule has 0 amide bonds. The summed E-state index contributed by atoms with van der Waals surface area (Å²) in [6.07, 6.45) is 2.45. The fourth-order valence-corrected chi connectivity index (χ4v) is 3.18. The van der Waals surface area contributed by atoms with Gasteiger partial charge in [-0.05, 0) is 35.4 Å². The van der Waals surface area contributed by atoms with Crippen LogP contribution in [0.2, 0.25) is 0 Å². The van der Waals surface area contributed by atoms with Crippen molar-refractivity contribution >= 4 is 11.6 Å². The van der Waals surface area contributed by atoms with E-state index in [0.717, 1.165) is 5.56 Å².